The largest absolute Gasteiger partial charge is 0.493 e. The standard InChI is InChI=1S/C25H26N4O6/c1-31-21-12-16(13-22(32-2)23(21)33-3)24(30)29-25(27-15-18-6-4-5-9-26-18)28-17-7-8-19-20(14-17)35-11-10-34-19/h4-9,12-14H,10-11,15H2,1-3H3,(H2,27,28,29,30). The van der Waals surface area contributed by atoms with Gasteiger partial charge in [-0.15, -0.1) is 0 Å². The van der Waals surface area contributed by atoms with Gasteiger partial charge < -0.3 is 29.0 Å². The first kappa shape index (κ1) is 23.7. The lowest BCUT2D eigenvalue weighted by molar-refractivity contribution is 0.0976. The van der Waals surface area contributed by atoms with Crippen molar-refractivity contribution in [3.8, 4) is 28.7 Å². The molecular weight excluding hydrogens is 452 g/mol. The van der Waals surface area contributed by atoms with E-state index in [-0.39, 0.29) is 12.5 Å². The molecule has 0 saturated carbocycles. The van der Waals surface area contributed by atoms with Gasteiger partial charge in [0.2, 0.25) is 11.7 Å². The molecule has 1 aromatic heterocycles. The van der Waals surface area contributed by atoms with Crippen molar-refractivity contribution in [3.05, 3.63) is 66.0 Å². The fourth-order valence-corrected chi connectivity index (χ4v) is 3.41. The fourth-order valence-electron chi connectivity index (χ4n) is 3.41. The highest BCUT2D eigenvalue weighted by atomic mass is 16.6. The number of rotatable bonds is 7. The van der Waals surface area contributed by atoms with E-state index in [4.69, 9.17) is 23.7 Å². The Hall–Kier alpha value is -4.47. The van der Waals surface area contributed by atoms with Crippen molar-refractivity contribution >= 4 is 17.6 Å². The summed E-state index contributed by atoms with van der Waals surface area (Å²) in [5.74, 6) is 2.20. The van der Waals surface area contributed by atoms with Gasteiger partial charge >= 0.3 is 0 Å². The monoisotopic (exact) mass is 478 g/mol. The highest BCUT2D eigenvalue weighted by Gasteiger charge is 2.19. The van der Waals surface area contributed by atoms with Crippen molar-refractivity contribution in [1.82, 2.24) is 10.3 Å². The minimum atomic E-state index is -0.422. The molecule has 0 aliphatic carbocycles. The summed E-state index contributed by atoms with van der Waals surface area (Å²) in [7, 11) is 4.48. The zero-order valence-corrected chi connectivity index (χ0v) is 19.7. The third-order valence-corrected chi connectivity index (χ3v) is 5.09. The number of carbonyl (C=O) groups excluding carboxylic acids is 1. The molecule has 10 nitrogen and oxygen atoms in total. The number of fused-ring (bicyclic) bond motifs is 1. The molecule has 1 aliphatic heterocycles. The molecule has 1 aliphatic rings. The van der Waals surface area contributed by atoms with E-state index in [9.17, 15) is 4.79 Å². The second kappa shape index (κ2) is 11.1. The SMILES string of the molecule is COc1cc(C(=O)NC(=NCc2ccccn2)Nc2ccc3c(c2)OCCO3)cc(OC)c1OC. The number of benzene rings is 2. The first-order valence-electron chi connectivity index (χ1n) is 10.8. The molecule has 2 N–H and O–H groups in total. The second-order valence-electron chi connectivity index (χ2n) is 7.34. The number of amides is 1. The van der Waals surface area contributed by atoms with Crippen molar-refractivity contribution in [2.45, 2.75) is 6.54 Å². The number of pyridine rings is 1. The number of nitrogens with one attached hydrogen (secondary N) is 2. The molecule has 2 aromatic carbocycles. The predicted octanol–water partition coefficient (Wildman–Crippen LogP) is 3.28. The Bertz CT molecular complexity index is 1190. The highest BCUT2D eigenvalue weighted by molar-refractivity contribution is 6.10. The average Bonchev–Trinajstić information content (AvgIpc) is 2.91. The summed E-state index contributed by atoms with van der Waals surface area (Å²) in [4.78, 5) is 22.0. The van der Waals surface area contributed by atoms with Gasteiger partial charge in [-0.05, 0) is 36.4 Å². The van der Waals surface area contributed by atoms with Gasteiger partial charge in [-0.2, -0.15) is 0 Å². The lowest BCUT2D eigenvalue weighted by atomic mass is 10.1. The van der Waals surface area contributed by atoms with Gasteiger partial charge in [0.05, 0.1) is 33.6 Å². The summed E-state index contributed by atoms with van der Waals surface area (Å²) < 4.78 is 27.3. The number of ether oxygens (including phenoxy) is 5. The lowest BCUT2D eigenvalue weighted by Gasteiger charge is -2.19. The molecule has 35 heavy (non-hydrogen) atoms. The molecule has 182 valence electrons. The Kier molecular flexibility index (Phi) is 7.51. The van der Waals surface area contributed by atoms with Crippen LogP contribution in [0.4, 0.5) is 5.69 Å². The molecule has 1 amide bonds. The highest BCUT2D eigenvalue weighted by Crippen LogP contribution is 2.38. The lowest BCUT2D eigenvalue weighted by Crippen LogP contribution is -2.36. The van der Waals surface area contributed by atoms with Gasteiger partial charge in [-0.25, -0.2) is 4.99 Å². The van der Waals surface area contributed by atoms with E-state index in [2.05, 4.69) is 20.6 Å². The van der Waals surface area contributed by atoms with Crippen molar-refractivity contribution in [3.63, 3.8) is 0 Å². The maximum absolute atomic E-state index is 13.2. The van der Waals surface area contributed by atoms with E-state index in [0.717, 1.165) is 5.69 Å². The summed E-state index contributed by atoms with van der Waals surface area (Å²) in [5, 5.41) is 5.97. The average molecular weight is 479 g/mol. The number of hydrogen-bond donors (Lipinski definition) is 2. The minimum absolute atomic E-state index is 0.228. The molecule has 0 saturated heterocycles. The molecule has 0 spiro atoms. The van der Waals surface area contributed by atoms with Crippen LogP contribution in [-0.4, -0.2) is 51.4 Å². The zero-order valence-electron chi connectivity index (χ0n) is 19.7. The molecule has 0 fully saturated rings. The molecule has 10 heteroatoms. The van der Waals surface area contributed by atoms with E-state index >= 15 is 0 Å². The molecule has 0 atom stereocenters. The molecule has 3 aromatic rings. The van der Waals surface area contributed by atoms with E-state index in [1.807, 2.05) is 24.3 Å². The van der Waals surface area contributed by atoms with Crippen LogP contribution in [0.1, 0.15) is 16.1 Å². The normalized spacial score (nSPS) is 12.5. The first-order chi connectivity index (χ1) is 17.1. The van der Waals surface area contributed by atoms with Crippen LogP contribution in [0.25, 0.3) is 0 Å². The number of carbonyl (C=O) groups is 1. The van der Waals surface area contributed by atoms with Crippen molar-refractivity contribution < 1.29 is 28.5 Å². The van der Waals surface area contributed by atoms with Gasteiger partial charge in [0.1, 0.15) is 13.2 Å². The van der Waals surface area contributed by atoms with E-state index in [0.29, 0.717) is 53.2 Å². The fraction of sp³-hybridized carbons (Fsp3) is 0.240. The summed E-state index contributed by atoms with van der Waals surface area (Å²) in [6.07, 6.45) is 1.69. The van der Waals surface area contributed by atoms with Crippen LogP contribution < -0.4 is 34.3 Å². The smallest absolute Gasteiger partial charge is 0.258 e. The number of nitrogens with zero attached hydrogens (tertiary/aromatic N) is 2. The summed E-state index contributed by atoms with van der Waals surface area (Å²) in [6, 6.07) is 14.1. The minimum Gasteiger partial charge on any atom is -0.493 e. The van der Waals surface area contributed by atoms with Gasteiger partial charge in [-0.3, -0.25) is 15.1 Å². The summed E-state index contributed by atoms with van der Waals surface area (Å²) >= 11 is 0. The quantitative estimate of drug-likeness (QED) is 0.393. The number of hydrogen-bond acceptors (Lipinski definition) is 8. The number of methoxy groups -OCH3 is 3. The third kappa shape index (κ3) is 5.72. The maximum Gasteiger partial charge on any atom is 0.258 e. The van der Waals surface area contributed by atoms with Gasteiger partial charge in [0.25, 0.3) is 5.91 Å². The Morgan fingerprint density at radius 2 is 1.71 bits per heavy atom. The summed E-state index contributed by atoms with van der Waals surface area (Å²) in [6.45, 7) is 1.22. The Morgan fingerprint density at radius 1 is 0.971 bits per heavy atom. The van der Waals surface area contributed by atoms with Crippen LogP contribution in [0.15, 0.2) is 59.7 Å². The van der Waals surface area contributed by atoms with Gasteiger partial charge in [-0.1, -0.05) is 6.07 Å². The molecule has 2 heterocycles. The zero-order chi connectivity index (χ0) is 24.6. The Labute approximate surface area is 202 Å². The first-order valence-corrected chi connectivity index (χ1v) is 10.8. The Morgan fingerprint density at radius 3 is 2.37 bits per heavy atom. The van der Waals surface area contributed by atoms with Crippen molar-refractivity contribution in [2.24, 2.45) is 4.99 Å². The van der Waals surface area contributed by atoms with Gasteiger partial charge in [0, 0.05) is 23.5 Å². The van der Waals surface area contributed by atoms with E-state index < -0.39 is 5.91 Å². The van der Waals surface area contributed by atoms with E-state index in [1.54, 1.807) is 30.5 Å². The summed E-state index contributed by atoms with van der Waals surface area (Å²) in [5.41, 5.74) is 1.71. The van der Waals surface area contributed by atoms with Crippen LogP contribution in [0.2, 0.25) is 0 Å². The molecule has 4 rings (SSSR count). The Balaban J connectivity index is 1.60. The maximum atomic E-state index is 13.2. The van der Waals surface area contributed by atoms with Crippen molar-refractivity contribution in [1.29, 1.82) is 0 Å². The van der Waals surface area contributed by atoms with Gasteiger partial charge in [0.15, 0.2) is 23.0 Å². The molecule has 0 radical (unpaired) electrons. The number of aromatic nitrogens is 1. The predicted molar refractivity (Wildman–Crippen MR) is 130 cm³/mol. The molecule has 0 bridgehead atoms. The van der Waals surface area contributed by atoms with Crippen LogP contribution in [0, 0.1) is 0 Å². The number of anilines is 1. The van der Waals surface area contributed by atoms with Crippen LogP contribution >= 0.6 is 0 Å². The topological polar surface area (TPSA) is 113 Å². The second-order valence-corrected chi connectivity index (χ2v) is 7.34. The molecular formula is C25H26N4O6. The van der Waals surface area contributed by atoms with E-state index in [1.165, 1.54) is 21.3 Å². The van der Waals surface area contributed by atoms with Crippen molar-refractivity contribution in [2.75, 3.05) is 39.9 Å². The molecule has 0 unspecified atom stereocenters. The number of guanidine groups is 1. The number of aliphatic imine (C=N–C) groups is 1. The van der Waals surface area contributed by atoms with Crippen LogP contribution in [0.5, 0.6) is 28.7 Å². The van der Waals surface area contributed by atoms with Crippen LogP contribution in [0.3, 0.4) is 0 Å². The third-order valence-electron chi connectivity index (χ3n) is 5.09. The van der Waals surface area contributed by atoms with Crippen LogP contribution in [-0.2, 0) is 6.54 Å².